The van der Waals surface area contributed by atoms with E-state index in [1.54, 1.807) is 31.2 Å². The van der Waals surface area contributed by atoms with Gasteiger partial charge in [0.2, 0.25) is 0 Å². The van der Waals surface area contributed by atoms with Crippen LogP contribution < -0.4 is 0 Å². The van der Waals surface area contributed by atoms with E-state index in [1.165, 1.54) is 0 Å². The van der Waals surface area contributed by atoms with Crippen LogP contribution >= 0.6 is 0 Å². The number of carbonyl (C=O) groups excluding carboxylic acids is 1. The van der Waals surface area contributed by atoms with Crippen LogP contribution in [-0.2, 0) is 17.3 Å². The molecular formula is C20H22F3NO2. The summed E-state index contributed by atoms with van der Waals surface area (Å²) in [7, 11) is 0. The summed E-state index contributed by atoms with van der Waals surface area (Å²) in [5.41, 5.74) is 0.325. The molecule has 0 spiro atoms. The minimum atomic E-state index is -4.76. The highest BCUT2D eigenvalue weighted by Crippen LogP contribution is 2.35. The molecule has 0 saturated carbocycles. The van der Waals surface area contributed by atoms with Gasteiger partial charge in [-0.15, -0.1) is 0 Å². The van der Waals surface area contributed by atoms with Gasteiger partial charge in [0, 0.05) is 5.56 Å². The molecule has 0 aliphatic rings. The third-order valence-electron chi connectivity index (χ3n) is 3.79. The Kier molecular flexibility index (Phi) is 6.05. The molecule has 1 heterocycles. The molecule has 0 bridgehead atoms. The highest BCUT2D eigenvalue weighted by Gasteiger charge is 2.39. The van der Waals surface area contributed by atoms with E-state index in [0.717, 1.165) is 5.56 Å². The first-order valence-corrected chi connectivity index (χ1v) is 8.48. The van der Waals surface area contributed by atoms with Crippen LogP contribution in [0.15, 0.2) is 30.3 Å². The molecule has 3 nitrogen and oxygen atoms in total. The van der Waals surface area contributed by atoms with E-state index in [9.17, 15) is 18.0 Å². The largest absolute Gasteiger partial charge is 0.462 e. The molecule has 0 aliphatic carbocycles. The van der Waals surface area contributed by atoms with Gasteiger partial charge in [-0.25, -0.2) is 9.78 Å². The monoisotopic (exact) mass is 365 g/mol. The van der Waals surface area contributed by atoms with Crippen LogP contribution in [0, 0.1) is 12.8 Å². The van der Waals surface area contributed by atoms with Crippen LogP contribution in [0.4, 0.5) is 13.2 Å². The van der Waals surface area contributed by atoms with Gasteiger partial charge < -0.3 is 4.74 Å². The fourth-order valence-corrected chi connectivity index (χ4v) is 2.79. The number of benzene rings is 1. The lowest BCUT2D eigenvalue weighted by molar-refractivity contribution is -0.141. The Morgan fingerprint density at radius 2 is 1.92 bits per heavy atom. The molecule has 1 aromatic heterocycles. The first-order chi connectivity index (χ1) is 12.1. The predicted octanol–water partition coefficient (Wildman–Crippen LogP) is 5.45. The summed E-state index contributed by atoms with van der Waals surface area (Å²) in [6, 6.07) is 8.66. The molecule has 1 aromatic carbocycles. The minimum Gasteiger partial charge on any atom is -0.462 e. The Balaban J connectivity index is 2.76. The number of aromatic nitrogens is 1. The number of aryl methyl sites for hydroxylation is 1. The molecule has 0 radical (unpaired) electrons. The number of nitrogens with zero attached hydrogens (tertiary/aromatic N) is 1. The lowest BCUT2D eigenvalue weighted by atomic mass is 9.94. The lowest BCUT2D eigenvalue weighted by Crippen LogP contribution is -2.21. The Morgan fingerprint density at radius 1 is 1.23 bits per heavy atom. The highest BCUT2D eigenvalue weighted by molar-refractivity contribution is 5.93. The van der Waals surface area contributed by atoms with Crippen LogP contribution in [-0.4, -0.2) is 17.6 Å². The standard InChI is InChI=1S/C20H22F3NO2/c1-5-26-19(25)17-15(9-12(2)3)11-16(24-18(17)20(21,22)23)14-8-6-7-13(4)10-14/h6-8,10-12H,5,9H2,1-4H3. The van der Waals surface area contributed by atoms with Crippen molar-refractivity contribution < 1.29 is 22.7 Å². The summed E-state index contributed by atoms with van der Waals surface area (Å²) < 4.78 is 45.9. The summed E-state index contributed by atoms with van der Waals surface area (Å²) in [5.74, 6) is -0.921. The van der Waals surface area contributed by atoms with Crippen molar-refractivity contribution in [1.82, 2.24) is 4.98 Å². The van der Waals surface area contributed by atoms with Crippen LogP contribution in [0.1, 0.15) is 48.0 Å². The van der Waals surface area contributed by atoms with E-state index in [2.05, 4.69) is 4.98 Å². The minimum absolute atomic E-state index is 0.00309. The molecule has 0 saturated heterocycles. The van der Waals surface area contributed by atoms with Gasteiger partial charge in [0.25, 0.3) is 0 Å². The lowest BCUT2D eigenvalue weighted by Gasteiger charge is -2.18. The van der Waals surface area contributed by atoms with Gasteiger partial charge in [0.15, 0.2) is 5.69 Å². The number of hydrogen-bond donors (Lipinski definition) is 0. The molecule has 0 amide bonds. The molecule has 0 aliphatic heterocycles. The number of carbonyl (C=O) groups is 1. The van der Waals surface area contributed by atoms with Gasteiger partial charge in [-0.3, -0.25) is 0 Å². The van der Waals surface area contributed by atoms with Gasteiger partial charge in [0.1, 0.15) is 0 Å². The van der Waals surface area contributed by atoms with Crippen molar-refractivity contribution in [1.29, 1.82) is 0 Å². The topological polar surface area (TPSA) is 39.2 Å². The Morgan fingerprint density at radius 3 is 2.46 bits per heavy atom. The number of ether oxygens (including phenoxy) is 1. The maximum atomic E-state index is 13.7. The SMILES string of the molecule is CCOC(=O)c1c(CC(C)C)cc(-c2cccc(C)c2)nc1C(F)(F)F. The van der Waals surface area contributed by atoms with Crippen molar-refractivity contribution in [2.45, 2.75) is 40.3 Å². The molecule has 2 rings (SSSR count). The second-order valence-electron chi connectivity index (χ2n) is 6.58. The predicted molar refractivity (Wildman–Crippen MR) is 93.9 cm³/mol. The zero-order chi connectivity index (χ0) is 19.5. The van der Waals surface area contributed by atoms with E-state index in [1.807, 2.05) is 26.8 Å². The van der Waals surface area contributed by atoms with Gasteiger partial charge in [-0.2, -0.15) is 13.2 Å². The van der Waals surface area contributed by atoms with Crippen molar-refractivity contribution in [2.75, 3.05) is 6.61 Å². The molecule has 0 unspecified atom stereocenters. The Bertz CT molecular complexity index is 798. The fraction of sp³-hybridized carbons (Fsp3) is 0.400. The molecular weight excluding hydrogens is 343 g/mol. The Hall–Kier alpha value is -2.37. The van der Waals surface area contributed by atoms with Gasteiger partial charge >= 0.3 is 12.1 Å². The fourth-order valence-electron chi connectivity index (χ4n) is 2.79. The quantitative estimate of drug-likeness (QED) is 0.661. The first-order valence-electron chi connectivity index (χ1n) is 8.48. The molecule has 0 N–H and O–H groups in total. The molecule has 2 aromatic rings. The maximum absolute atomic E-state index is 13.7. The van der Waals surface area contributed by atoms with E-state index in [-0.39, 0.29) is 18.2 Å². The van der Waals surface area contributed by atoms with E-state index in [0.29, 0.717) is 17.5 Å². The van der Waals surface area contributed by atoms with Crippen molar-refractivity contribution >= 4 is 5.97 Å². The van der Waals surface area contributed by atoms with E-state index >= 15 is 0 Å². The van der Waals surface area contributed by atoms with E-state index < -0.39 is 23.4 Å². The average Bonchev–Trinajstić information content (AvgIpc) is 2.53. The number of pyridine rings is 1. The molecule has 0 fully saturated rings. The zero-order valence-corrected chi connectivity index (χ0v) is 15.3. The molecule has 140 valence electrons. The van der Waals surface area contributed by atoms with Crippen LogP contribution in [0.3, 0.4) is 0 Å². The van der Waals surface area contributed by atoms with Crippen LogP contribution in [0.2, 0.25) is 0 Å². The van der Waals surface area contributed by atoms with Crippen LogP contribution in [0.25, 0.3) is 11.3 Å². The number of esters is 1. The van der Waals surface area contributed by atoms with E-state index in [4.69, 9.17) is 4.74 Å². The van der Waals surface area contributed by atoms with Crippen molar-refractivity contribution in [2.24, 2.45) is 5.92 Å². The van der Waals surface area contributed by atoms with Crippen molar-refractivity contribution in [3.8, 4) is 11.3 Å². The third kappa shape index (κ3) is 4.62. The number of alkyl halides is 3. The summed E-state index contributed by atoms with van der Waals surface area (Å²) >= 11 is 0. The normalized spacial score (nSPS) is 11.7. The highest BCUT2D eigenvalue weighted by atomic mass is 19.4. The summed E-state index contributed by atoms with van der Waals surface area (Å²) in [4.78, 5) is 16.1. The Labute approximate surface area is 151 Å². The number of rotatable bonds is 5. The summed E-state index contributed by atoms with van der Waals surface area (Å²) in [5, 5.41) is 0. The molecule has 0 atom stereocenters. The van der Waals surface area contributed by atoms with Gasteiger partial charge in [-0.05, 0) is 43.9 Å². The summed E-state index contributed by atoms with van der Waals surface area (Å²) in [6.07, 6.45) is -4.44. The number of halogens is 3. The van der Waals surface area contributed by atoms with Crippen LogP contribution in [0.5, 0.6) is 0 Å². The molecule has 6 heteroatoms. The zero-order valence-electron chi connectivity index (χ0n) is 15.3. The van der Waals surface area contributed by atoms with Gasteiger partial charge in [0.05, 0.1) is 17.9 Å². The summed E-state index contributed by atoms with van der Waals surface area (Å²) in [6.45, 7) is 7.18. The third-order valence-corrected chi connectivity index (χ3v) is 3.79. The smallest absolute Gasteiger partial charge is 0.434 e. The number of hydrogen-bond acceptors (Lipinski definition) is 3. The van der Waals surface area contributed by atoms with Crippen molar-refractivity contribution in [3.63, 3.8) is 0 Å². The first kappa shape index (κ1) is 19.9. The second kappa shape index (κ2) is 7.89. The molecule has 26 heavy (non-hydrogen) atoms. The average molecular weight is 365 g/mol. The van der Waals surface area contributed by atoms with Gasteiger partial charge in [-0.1, -0.05) is 37.6 Å². The maximum Gasteiger partial charge on any atom is 0.434 e. The van der Waals surface area contributed by atoms with Crippen molar-refractivity contribution in [3.05, 3.63) is 52.7 Å². The second-order valence-corrected chi connectivity index (χ2v) is 6.58.